The molecular weight excluding hydrogens is 162 g/mol. The van der Waals surface area contributed by atoms with Crippen LogP contribution in [0.4, 0.5) is 0 Å². The minimum atomic E-state index is 0.0179. The largest absolute Gasteiger partial charge is 0.311 e. The van der Waals surface area contributed by atoms with E-state index in [9.17, 15) is 4.79 Å². The van der Waals surface area contributed by atoms with Gasteiger partial charge in [0.05, 0.1) is 5.52 Å². The summed E-state index contributed by atoms with van der Waals surface area (Å²) in [6.07, 6.45) is 0. The quantitative estimate of drug-likeness (QED) is 0.593. The van der Waals surface area contributed by atoms with Gasteiger partial charge in [-0.3, -0.25) is 4.79 Å². The SMILES string of the molecule is [CH2]c1ccc2c(ccc(=O)n2C)c1. The van der Waals surface area contributed by atoms with E-state index in [0.717, 1.165) is 16.5 Å². The summed E-state index contributed by atoms with van der Waals surface area (Å²) in [4.78, 5) is 11.3. The van der Waals surface area contributed by atoms with E-state index < -0.39 is 0 Å². The second kappa shape index (κ2) is 2.73. The molecule has 0 saturated carbocycles. The van der Waals surface area contributed by atoms with Gasteiger partial charge >= 0.3 is 0 Å². The van der Waals surface area contributed by atoms with Crippen LogP contribution in [0.25, 0.3) is 10.9 Å². The lowest BCUT2D eigenvalue weighted by molar-refractivity contribution is 0.906. The van der Waals surface area contributed by atoms with Crippen molar-refractivity contribution in [2.45, 2.75) is 0 Å². The van der Waals surface area contributed by atoms with Crippen LogP contribution in [-0.2, 0) is 7.05 Å². The fourth-order valence-electron chi connectivity index (χ4n) is 1.43. The van der Waals surface area contributed by atoms with Gasteiger partial charge in [0.1, 0.15) is 0 Å². The zero-order chi connectivity index (χ0) is 9.42. The Kier molecular flexibility index (Phi) is 1.69. The van der Waals surface area contributed by atoms with Crippen molar-refractivity contribution in [3.63, 3.8) is 0 Å². The zero-order valence-electron chi connectivity index (χ0n) is 7.45. The van der Waals surface area contributed by atoms with Crippen molar-refractivity contribution in [3.8, 4) is 0 Å². The molecule has 0 amide bonds. The molecule has 13 heavy (non-hydrogen) atoms. The number of aryl methyl sites for hydroxylation is 1. The number of hydrogen-bond donors (Lipinski definition) is 0. The van der Waals surface area contributed by atoms with Gasteiger partial charge in [-0.15, -0.1) is 0 Å². The molecule has 0 aliphatic rings. The molecule has 2 aromatic rings. The Morgan fingerprint density at radius 2 is 2.00 bits per heavy atom. The lowest BCUT2D eigenvalue weighted by Gasteiger charge is -2.03. The number of pyridine rings is 1. The minimum absolute atomic E-state index is 0.0179. The average molecular weight is 172 g/mol. The summed E-state index contributed by atoms with van der Waals surface area (Å²) in [5.41, 5.74) is 1.93. The van der Waals surface area contributed by atoms with Crippen LogP contribution in [0, 0.1) is 6.92 Å². The van der Waals surface area contributed by atoms with Crippen LogP contribution in [-0.4, -0.2) is 4.57 Å². The first kappa shape index (κ1) is 8.05. The second-order valence-corrected chi connectivity index (χ2v) is 3.12. The van der Waals surface area contributed by atoms with Crippen molar-refractivity contribution in [1.29, 1.82) is 0 Å². The Morgan fingerprint density at radius 1 is 1.23 bits per heavy atom. The summed E-state index contributed by atoms with van der Waals surface area (Å²) in [6.45, 7) is 3.84. The maximum absolute atomic E-state index is 11.3. The summed E-state index contributed by atoms with van der Waals surface area (Å²) in [5, 5.41) is 1.05. The predicted octanol–water partition coefficient (Wildman–Crippen LogP) is 1.72. The lowest BCUT2D eigenvalue weighted by Crippen LogP contribution is -2.14. The molecule has 0 atom stereocenters. The molecule has 0 spiro atoms. The van der Waals surface area contributed by atoms with E-state index in [2.05, 4.69) is 6.92 Å². The molecule has 1 aromatic heterocycles. The normalized spacial score (nSPS) is 10.6. The van der Waals surface area contributed by atoms with Gasteiger partial charge in [0, 0.05) is 13.1 Å². The molecule has 2 rings (SSSR count). The highest BCUT2D eigenvalue weighted by Gasteiger charge is 1.97. The van der Waals surface area contributed by atoms with Crippen LogP contribution in [0.3, 0.4) is 0 Å². The Morgan fingerprint density at radius 3 is 2.77 bits per heavy atom. The molecule has 0 aliphatic carbocycles. The Balaban J connectivity index is 2.95. The van der Waals surface area contributed by atoms with E-state index in [1.807, 2.05) is 24.3 Å². The standard InChI is InChI=1S/C11H10NO/c1-8-3-5-10-9(7-8)4-6-11(13)12(10)2/h3-7H,1H2,2H3. The van der Waals surface area contributed by atoms with Gasteiger partial charge in [0.15, 0.2) is 0 Å². The highest BCUT2D eigenvalue weighted by Crippen LogP contribution is 2.12. The molecule has 2 heteroatoms. The van der Waals surface area contributed by atoms with Crippen molar-refractivity contribution in [2.75, 3.05) is 0 Å². The fourth-order valence-corrected chi connectivity index (χ4v) is 1.43. The maximum Gasteiger partial charge on any atom is 0.250 e. The molecule has 0 bridgehead atoms. The first-order chi connectivity index (χ1) is 6.18. The van der Waals surface area contributed by atoms with Gasteiger partial charge in [-0.2, -0.15) is 0 Å². The van der Waals surface area contributed by atoms with Crippen molar-refractivity contribution in [2.24, 2.45) is 7.05 Å². The summed E-state index contributed by atoms with van der Waals surface area (Å²) < 4.78 is 1.63. The molecule has 1 aromatic carbocycles. The highest BCUT2D eigenvalue weighted by molar-refractivity contribution is 5.79. The Hall–Kier alpha value is -1.57. The van der Waals surface area contributed by atoms with Crippen LogP contribution < -0.4 is 5.56 Å². The van der Waals surface area contributed by atoms with E-state index in [1.54, 1.807) is 17.7 Å². The molecule has 0 N–H and O–H groups in total. The first-order valence-electron chi connectivity index (χ1n) is 4.10. The third kappa shape index (κ3) is 1.24. The van der Waals surface area contributed by atoms with Crippen molar-refractivity contribution >= 4 is 10.9 Å². The number of hydrogen-bond acceptors (Lipinski definition) is 1. The molecule has 0 aliphatic heterocycles. The van der Waals surface area contributed by atoms with E-state index in [1.165, 1.54) is 0 Å². The summed E-state index contributed by atoms with van der Waals surface area (Å²) in [5.74, 6) is 0. The number of benzene rings is 1. The van der Waals surface area contributed by atoms with Crippen LogP contribution in [0.1, 0.15) is 5.56 Å². The van der Waals surface area contributed by atoms with Crippen LogP contribution in [0.15, 0.2) is 35.1 Å². The van der Waals surface area contributed by atoms with E-state index in [0.29, 0.717) is 0 Å². The van der Waals surface area contributed by atoms with Crippen molar-refractivity contribution < 1.29 is 0 Å². The number of aromatic nitrogens is 1. The van der Waals surface area contributed by atoms with Crippen LogP contribution in [0.2, 0.25) is 0 Å². The highest BCUT2D eigenvalue weighted by atomic mass is 16.1. The van der Waals surface area contributed by atoms with Gasteiger partial charge in [-0.25, -0.2) is 0 Å². The smallest absolute Gasteiger partial charge is 0.250 e. The molecule has 0 fully saturated rings. The zero-order valence-corrected chi connectivity index (χ0v) is 7.45. The number of nitrogens with zero attached hydrogens (tertiary/aromatic N) is 1. The summed E-state index contributed by atoms with van der Waals surface area (Å²) in [6, 6.07) is 9.18. The molecule has 2 nitrogen and oxygen atoms in total. The van der Waals surface area contributed by atoms with E-state index in [-0.39, 0.29) is 5.56 Å². The van der Waals surface area contributed by atoms with E-state index in [4.69, 9.17) is 0 Å². The van der Waals surface area contributed by atoms with Crippen molar-refractivity contribution in [1.82, 2.24) is 4.57 Å². The van der Waals surface area contributed by atoms with Gasteiger partial charge in [0.2, 0.25) is 0 Å². The summed E-state index contributed by atoms with van der Waals surface area (Å²) in [7, 11) is 1.77. The van der Waals surface area contributed by atoms with Crippen molar-refractivity contribution in [3.05, 3.63) is 53.2 Å². The fraction of sp³-hybridized carbons (Fsp3) is 0.0909. The maximum atomic E-state index is 11.3. The lowest BCUT2D eigenvalue weighted by atomic mass is 10.1. The first-order valence-corrected chi connectivity index (χ1v) is 4.10. The third-order valence-electron chi connectivity index (χ3n) is 2.19. The topological polar surface area (TPSA) is 22.0 Å². The van der Waals surface area contributed by atoms with Gasteiger partial charge in [-0.1, -0.05) is 6.07 Å². The Labute approximate surface area is 76.4 Å². The monoisotopic (exact) mass is 172 g/mol. The molecule has 1 heterocycles. The molecule has 0 unspecified atom stereocenters. The molecule has 65 valence electrons. The molecular formula is C11H10NO. The second-order valence-electron chi connectivity index (χ2n) is 3.12. The molecule has 1 radical (unpaired) electrons. The van der Waals surface area contributed by atoms with E-state index >= 15 is 0 Å². The van der Waals surface area contributed by atoms with Crippen LogP contribution >= 0.6 is 0 Å². The van der Waals surface area contributed by atoms with Crippen LogP contribution in [0.5, 0.6) is 0 Å². The third-order valence-corrected chi connectivity index (χ3v) is 2.19. The van der Waals surface area contributed by atoms with Gasteiger partial charge < -0.3 is 4.57 Å². The number of fused-ring (bicyclic) bond motifs is 1. The predicted molar refractivity (Wildman–Crippen MR) is 53.6 cm³/mol. The molecule has 0 saturated heterocycles. The van der Waals surface area contributed by atoms with Gasteiger partial charge in [0.25, 0.3) is 5.56 Å². The average Bonchev–Trinajstić information content (AvgIpc) is 2.12. The Bertz CT molecular complexity index is 511. The number of rotatable bonds is 0. The minimum Gasteiger partial charge on any atom is -0.311 e. The van der Waals surface area contributed by atoms with Gasteiger partial charge in [-0.05, 0) is 36.1 Å². The summed E-state index contributed by atoms with van der Waals surface area (Å²) >= 11 is 0.